The quantitative estimate of drug-likeness (QED) is 0.413. The Hall–Kier alpha value is -3.04. The summed E-state index contributed by atoms with van der Waals surface area (Å²) in [7, 11) is 0. The number of carbonyl (C=O) groups is 5. The van der Waals surface area contributed by atoms with E-state index in [9.17, 15) is 24.0 Å². The normalized spacial score (nSPS) is 18.2. The fraction of sp³-hybridized carbons (Fsp3) is 0.250. The molecule has 1 unspecified atom stereocenters. The maximum atomic E-state index is 12.7. The summed E-state index contributed by atoms with van der Waals surface area (Å²) < 4.78 is 0. The molecule has 1 aromatic heterocycles. The summed E-state index contributed by atoms with van der Waals surface area (Å²) in [6.07, 6.45) is 0.467. The van der Waals surface area contributed by atoms with Crippen molar-refractivity contribution in [3.8, 4) is 0 Å². The topological polar surface area (TPSA) is 113 Å². The molecule has 1 atom stereocenters. The van der Waals surface area contributed by atoms with Gasteiger partial charge in [0, 0.05) is 33.8 Å². The highest BCUT2D eigenvalue weighted by Crippen LogP contribution is 2.33. The van der Waals surface area contributed by atoms with Gasteiger partial charge in [-0.15, -0.1) is 11.3 Å². The third-order valence-electron chi connectivity index (χ3n) is 5.11. The number of hydrogen-bond donors (Lipinski definition) is 2. The molecule has 0 saturated carbocycles. The van der Waals surface area contributed by atoms with Gasteiger partial charge in [-0.25, -0.2) is 0 Å². The monoisotopic (exact) mass is 445 g/mol. The van der Waals surface area contributed by atoms with Crippen molar-refractivity contribution in [1.82, 2.24) is 15.5 Å². The lowest BCUT2D eigenvalue weighted by Gasteiger charge is -2.29. The number of amides is 4. The molecule has 30 heavy (non-hydrogen) atoms. The molecule has 3 heterocycles. The molecule has 154 valence electrons. The van der Waals surface area contributed by atoms with E-state index < -0.39 is 23.6 Å². The highest BCUT2D eigenvalue weighted by molar-refractivity contribution is 7.10. The first-order valence-electron chi connectivity index (χ1n) is 9.17. The van der Waals surface area contributed by atoms with Crippen LogP contribution in [0.4, 0.5) is 0 Å². The fourth-order valence-electron chi connectivity index (χ4n) is 3.53. The average Bonchev–Trinajstić information content (AvgIpc) is 3.26. The molecule has 0 bridgehead atoms. The van der Waals surface area contributed by atoms with Crippen molar-refractivity contribution in [1.29, 1.82) is 0 Å². The summed E-state index contributed by atoms with van der Waals surface area (Å²) in [6, 6.07) is 5.32. The molecule has 2 N–H and O–H groups in total. The van der Waals surface area contributed by atoms with E-state index in [1.165, 1.54) is 40.5 Å². The number of ketones is 1. The Kier molecular flexibility index (Phi) is 5.40. The van der Waals surface area contributed by atoms with Gasteiger partial charge in [-0.05, 0) is 36.2 Å². The number of fused-ring (bicyclic) bond motifs is 1. The van der Waals surface area contributed by atoms with Crippen LogP contribution in [0.15, 0.2) is 29.6 Å². The number of halogens is 1. The predicted molar refractivity (Wildman–Crippen MR) is 108 cm³/mol. The molecule has 1 fully saturated rings. The Bertz CT molecular complexity index is 1080. The summed E-state index contributed by atoms with van der Waals surface area (Å²) in [5.41, 5.74) is 1.44. The highest BCUT2D eigenvalue weighted by atomic mass is 35.5. The van der Waals surface area contributed by atoms with Gasteiger partial charge in [-0.2, -0.15) is 0 Å². The van der Waals surface area contributed by atoms with Crippen LogP contribution in [0.1, 0.15) is 44.0 Å². The lowest BCUT2D eigenvalue weighted by Crippen LogP contribution is -2.52. The first kappa shape index (κ1) is 20.2. The summed E-state index contributed by atoms with van der Waals surface area (Å²) >= 11 is 7.10. The van der Waals surface area contributed by atoms with Gasteiger partial charge in [0.1, 0.15) is 6.04 Å². The highest BCUT2D eigenvalue weighted by Gasteiger charge is 2.40. The summed E-state index contributed by atoms with van der Waals surface area (Å²) in [6.45, 7) is 0.314. The standard InChI is InChI=1S/C20H16ClN3O5S/c21-11-3-1-10(2-4-11)17(26)19(28)22-7-15-12-8-24(20(29)13(12)9-30-15)14-5-6-16(25)23-18(14)27/h1-4,9,14H,5-8H2,(H,22,28)(H,23,25,27). The van der Waals surface area contributed by atoms with Gasteiger partial charge < -0.3 is 10.2 Å². The molecule has 0 aliphatic carbocycles. The van der Waals surface area contributed by atoms with Crippen LogP contribution in [0.2, 0.25) is 5.02 Å². The van der Waals surface area contributed by atoms with E-state index >= 15 is 0 Å². The van der Waals surface area contributed by atoms with Crippen molar-refractivity contribution in [3.05, 3.63) is 56.2 Å². The van der Waals surface area contributed by atoms with Crippen LogP contribution in [0.3, 0.4) is 0 Å². The second-order valence-corrected chi connectivity index (χ2v) is 8.37. The number of thiophene rings is 1. The van der Waals surface area contributed by atoms with E-state index in [1.54, 1.807) is 5.38 Å². The van der Waals surface area contributed by atoms with Crippen molar-refractivity contribution in [2.45, 2.75) is 32.0 Å². The molecule has 2 aromatic rings. The van der Waals surface area contributed by atoms with Crippen molar-refractivity contribution in [2.75, 3.05) is 0 Å². The molecule has 1 aromatic carbocycles. The molecular weight excluding hydrogens is 430 g/mol. The molecule has 0 spiro atoms. The number of nitrogens with one attached hydrogen (secondary N) is 2. The number of piperidine rings is 1. The van der Waals surface area contributed by atoms with E-state index in [0.717, 1.165) is 10.4 Å². The Morgan fingerprint density at radius 2 is 1.93 bits per heavy atom. The molecule has 1 saturated heterocycles. The number of carbonyl (C=O) groups excluding carboxylic acids is 5. The zero-order chi connectivity index (χ0) is 21.4. The van der Waals surface area contributed by atoms with E-state index in [2.05, 4.69) is 10.6 Å². The lowest BCUT2D eigenvalue weighted by molar-refractivity contribution is -0.136. The second-order valence-electron chi connectivity index (χ2n) is 6.97. The van der Waals surface area contributed by atoms with E-state index in [4.69, 9.17) is 11.6 Å². The maximum Gasteiger partial charge on any atom is 0.292 e. The molecule has 8 nitrogen and oxygen atoms in total. The lowest BCUT2D eigenvalue weighted by atomic mass is 10.0. The van der Waals surface area contributed by atoms with Crippen LogP contribution in [0.5, 0.6) is 0 Å². The van der Waals surface area contributed by atoms with Gasteiger partial charge in [-0.1, -0.05) is 11.6 Å². The molecule has 2 aliphatic heterocycles. The number of rotatable bonds is 5. The van der Waals surface area contributed by atoms with Crippen LogP contribution in [0, 0.1) is 0 Å². The average molecular weight is 446 g/mol. The Morgan fingerprint density at radius 3 is 2.63 bits per heavy atom. The van der Waals surface area contributed by atoms with E-state index in [0.29, 0.717) is 10.6 Å². The summed E-state index contributed by atoms with van der Waals surface area (Å²) in [4.78, 5) is 62.8. The molecule has 0 radical (unpaired) electrons. The van der Waals surface area contributed by atoms with E-state index in [-0.39, 0.29) is 43.3 Å². The van der Waals surface area contributed by atoms with Gasteiger partial charge in [0.05, 0.1) is 12.1 Å². The minimum Gasteiger partial charge on any atom is -0.344 e. The van der Waals surface area contributed by atoms with Gasteiger partial charge >= 0.3 is 0 Å². The van der Waals surface area contributed by atoms with Crippen LogP contribution in [-0.4, -0.2) is 40.4 Å². The SMILES string of the molecule is O=C1CCC(N2Cc3c(csc3CNC(=O)C(=O)c3ccc(Cl)cc3)C2=O)C(=O)N1. The number of Topliss-reactive ketones (excluding diaryl/α,β-unsaturated/α-hetero) is 1. The molecular formula is C20H16ClN3O5S. The Balaban J connectivity index is 1.42. The first-order valence-corrected chi connectivity index (χ1v) is 10.4. The summed E-state index contributed by atoms with van der Waals surface area (Å²) in [5, 5.41) is 7.00. The Labute approximate surface area is 180 Å². The first-order chi connectivity index (χ1) is 14.3. The van der Waals surface area contributed by atoms with E-state index in [1.807, 2.05) is 0 Å². The van der Waals surface area contributed by atoms with Gasteiger partial charge in [0.15, 0.2) is 0 Å². The molecule has 2 aliphatic rings. The van der Waals surface area contributed by atoms with Gasteiger partial charge in [-0.3, -0.25) is 29.3 Å². The number of benzene rings is 1. The second kappa shape index (κ2) is 8.00. The van der Waals surface area contributed by atoms with Crippen molar-refractivity contribution in [3.63, 3.8) is 0 Å². The number of nitrogens with zero attached hydrogens (tertiary/aromatic N) is 1. The van der Waals surface area contributed by atoms with Crippen molar-refractivity contribution < 1.29 is 24.0 Å². The third-order valence-corrected chi connectivity index (χ3v) is 6.39. The van der Waals surface area contributed by atoms with Crippen LogP contribution in [-0.2, 0) is 27.5 Å². The zero-order valence-electron chi connectivity index (χ0n) is 15.6. The van der Waals surface area contributed by atoms with Crippen LogP contribution in [0.25, 0.3) is 0 Å². The van der Waals surface area contributed by atoms with Crippen LogP contribution < -0.4 is 10.6 Å². The maximum absolute atomic E-state index is 12.7. The minimum atomic E-state index is -0.758. The Morgan fingerprint density at radius 1 is 1.20 bits per heavy atom. The van der Waals surface area contributed by atoms with Gasteiger partial charge in [0.2, 0.25) is 17.6 Å². The predicted octanol–water partition coefficient (Wildman–Crippen LogP) is 1.66. The zero-order valence-corrected chi connectivity index (χ0v) is 17.1. The fourth-order valence-corrected chi connectivity index (χ4v) is 4.63. The molecule has 4 amide bonds. The molecule has 4 rings (SSSR count). The number of imide groups is 1. The molecule has 10 heteroatoms. The minimum absolute atomic E-state index is 0.0919. The smallest absolute Gasteiger partial charge is 0.292 e. The van der Waals surface area contributed by atoms with Crippen molar-refractivity contribution >= 4 is 52.3 Å². The van der Waals surface area contributed by atoms with Crippen molar-refractivity contribution in [2.24, 2.45) is 0 Å². The van der Waals surface area contributed by atoms with Crippen LogP contribution >= 0.6 is 22.9 Å². The third kappa shape index (κ3) is 3.73. The largest absolute Gasteiger partial charge is 0.344 e. The summed E-state index contributed by atoms with van der Waals surface area (Å²) in [5.74, 6) is -2.53. The van der Waals surface area contributed by atoms with Gasteiger partial charge in [0.25, 0.3) is 11.8 Å². The number of hydrogen-bond acceptors (Lipinski definition) is 6.